The number of nitrogens with zero attached hydrogens (tertiary/aromatic N) is 4. The fourth-order valence-corrected chi connectivity index (χ4v) is 3.32. The molecule has 22 heavy (non-hydrogen) atoms. The van der Waals surface area contributed by atoms with Gasteiger partial charge in [0.1, 0.15) is 5.03 Å². The van der Waals surface area contributed by atoms with E-state index >= 15 is 0 Å². The van der Waals surface area contributed by atoms with Gasteiger partial charge in [-0.3, -0.25) is 4.79 Å². The Morgan fingerprint density at radius 1 is 1.27 bits per heavy atom. The van der Waals surface area contributed by atoms with Crippen LogP contribution in [0, 0.1) is 0 Å². The number of carbonyl (C=O) groups excluding carboxylic acids is 1. The minimum atomic E-state index is -0.143. The minimum absolute atomic E-state index is 0.143. The summed E-state index contributed by atoms with van der Waals surface area (Å²) in [6, 6.07) is 12.3. The second kappa shape index (κ2) is 8.99. The number of azide groups is 1. The Morgan fingerprint density at radius 2 is 2.09 bits per heavy atom. The van der Waals surface area contributed by atoms with Gasteiger partial charge < -0.3 is 5.32 Å². The van der Waals surface area contributed by atoms with Crippen LogP contribution in [0.1, 0.15) is 10.4 Å². The van der Waals surface area contributed by atoms with E-state index in [2.05, 4.69) is 20.3 Å². The molecule has 0 aliphatic rings. The lowest BCUT2D eigenvalue weighted by Gasteiger charge is -2.05. The standard InChI is InChI=1S/C14H13N5OS2/c15-19-18-12-6-4-11(5-7-12)14(20)17-9-10-21-22-13-3-1-2-8-16-13/h1-8H,9-10H2,(H,17,20). The van der Waals surface area contributed by atoms with Crippen LogP contribution in [0.15, 0.2) is 58.8 Å². The summed E-state index contributed by atoms with van der Waals surface area (Å²) in [5.74, 6) is 0.639. The van der Waals surface area contributed by atoms with Crippen LogP contribution in [0.25, 0.3) is 10.4 Å². The average molecular weight is 331 g/mol. The van der Waals surface area contributed by atoms with Crippen LogP contribution in [0.4, 0.5) is 5.69 Å². The monoisotopic (exact) mass is 331 g/mol. The van der Waals surface area contributed by atoms with Crippen LogP contribution in [0.5, 0.6) is 0 Å². The van der Waals surface area contributed by atoms with Gasteiger partial charge in [-0.1, -0.05) is 34.1 Å². The lowest BCUT2D eigenvalue weighted by Crippen LogP contribution is -2.25. The summed E-state index contributed by atoms with van der Waals surface area (Å²) in [5, 5.41) is 7.25. The van der Waals surface area contributed by atoms with Gasteiger partial charge in [-0.25, -0.2) is 4.98 Å². The van der Waals surface area contributed by atoms with E-state index in [1.54, 1.807) is 52.1 Å². The van der Waals surface area contributed by atoms with E-state index in [9.17, 15) is 4.79 Å². The zero-order chi connectivity index (χ0) is 15.6. The quantitative estimate of drug-likeness (QED) is 0.271. The molecule has 1 aromatic carbocycles. The molecule has 0 saturated heterocycles. The summed E-state index contributed by atoms with van der Waals surface area (Å²) in [5.41, 5.74) is 9.35. The SMILES string of the molecule is [N-]=[N+]=Nc1ccc(C(=O)NCCSSc2ccccn2)cc1. The molecule has 0 atom stereocenters. The lowest BCUT2D eigenvalue weighted by atomic mass is 10.2. The second-order valence-corrected chi connectivity index (χ2v) is 6.50. The Bertz CT molecular complexity index is 657. The average Bonchev–Trinajstić information content (AvgIpc) is 2.56. The van der Waals surface area contributed by atoms with E-state index in [1.165, 1.54) is 0 Å². The van der Waals surface area contributed by atoms with E-state index in [4.69, 9.17) is 5.53 Å². The molecule has 1 heterocycles. The Balaban J connectivity index is 1.70. The highest BCUT2D eigenvalue weighted by molar-refractivity contribution is 8.76. The van der Waals surface area contributed by atoms with Gasteiger partial charge in [0.05, 0.1) is 0 Å². The summed E-state index contributed by atoms with van der Waals surface area (Å²) < 4.78 is 0. The predicted octanol–water partition coefficient (Wildman–Crippen LogP) is 4.19. The fraction of sp³-hybridized carbons (Fsp3) is 0.143. The van der Waals surface area contributed by atoms with Crippen LogP contribution in [0.2, 0.25) is 0 Å². The molecule has 2 aromatic rings. The number of aromatic nitrogens is 1. The summed E-state index contributed by atoms with van der Waals surface area (Å²) in [7, 11) is 3.22. The predicted molar refractivity (Wildman–Crippen MR) is 90.1 cm³/mol. The van der Waals surface area contributed by atoms with Gasteiger partial charge in [-0.15, -0.1) is 0 Å². The highest BCUT2D eigenvalue weighted by atomic mass is 33.1. The molecule has 0 fully saturated rings. The Kier molecular flexibility index (Phi) is 6.63. The molecule has 1 N–H and O–H groups in total. The third-order valence-corrected chi connectivity index (χ3v) is 4.81. The maximum Gasteiger partial charge on any atom is 0.251 e. The molecular weight excluding hydrogens is 318 g/mol. The second-order valence-electron chi connectivity index (χ2n) is 4.07. The normalized spacial score (nSPS) is 9.82. The lowest BCUT2D eigenvalue weighted by molar-refractivity contribution is 0.0956. The summed E-state index contributed by atoms with van der Waals surface area (Å²) >= 11 is 0. The van der Waals surface area contributed by atoms with Crippen molar-refractivity contribution < 1.29 is 4.79 Å². The molecule has 0 unspecified atom stereocenters. The number of carbonyl (C=O) groups is 1. The van der Waals surface area contributed by atoms with Crippen LogP contribution < -0.4 is 5.32 Å². The van der Waals surface area contributed by atoms with Gasteiger partial charge in [-0.2, -0.15) is 0 Å². The van der Waals surface area contributed by atoms with Crippen molar-refractivity contribution in [3.8, 4) is 0 Å². The highest BCUT2D eigenvalue weighted by Gasteiger charge is 2.04. The third-order valence-electron chi connectivity index (χ3n) is 2.54. The third kappa shape index (κ3) is 5.33. The van der Waals surface area contributed by atoms with E-state index in [-0.39, 0.29) is 5.91 Å². The molecule has 0 bridgehead atoms. The van der Waals surface area contributed by atoms with Gasteiger partial charge in [0, 0.05) is 34.7 Å². The molecule has 0 spiro atoms. The largest absolute Gasteiger partial charge is 0.351 e. The fourth-order valence-electron chi connectivity index (χ4n) is 1.54. The number of benzene rings is 1. The first kappa shape index (κ1) is 16.2. The maximum absolute atomic E-state index is 11.9. The van der Waals surface area contributed by atoms with Crippen molar-refractivity contribution >= 4 is 33.2 Å². The highest BCUT2D eigenvalue weighted by Crippen LogP contribution is 2.28. The van der Waals surface area contributed by atoms with Gasteiger partial charge in [0.25, 0.3) is 5.91 Å². The van der Waals surface area contributed by atoms with E-state index in [0.29, 0.717) is 17.8 Å². The van der Waals surface area contributed by atoms with Crippen molar-refractivity contribution in [2.45, 2.75) is 5.03 Å². The molecule has 0 saturated carbocycles. The van der Waals surface area contributed by atoms with Crippen LogP contribution in [0.3, 0.4) is 0 Å². The number of nitrogens with one attached hydrogen (secondary N) is 1. The zero-order valence-corrected chi connectivity index (χ0v) is 13.2. The first-order valence-corrected chi connectivity index (χ1v) is 8.75. The molecule has 1 amide bonds. The van der Waals surface area contributed by atoms with Gasteiger partial charge in [0.2, 0.25) is 0 Å². The van der Waals surface area contributed by atoms with E-state index < -0.39 is 0 Å². The summed E-state index contributed by atoms with van der Waals surface area (Å²) in [4.78, 5) is 18.8. The van der Waals surface area contributed by atoms with Crippen LogP contribution >= 0.6 is 21.6 Å². The molecule has 112 valence electrons. The molecule has 6 nitrogen and oxygen atoms in total. The topological polar surface area (TPSA) is 90.8 Å². The maximum atomic E-state index is 11.9. The molecule has 8 heteroatoms. The molecule has 0 aliphatic carbocycles. The van der Waals surface area contributed by atoms with Crippen molar-refractivity contribution in [2.24, 2.45) is 5.11 Å². The zero-order valence-electron chi connectivity index (χ0n) is 11.5. The number of rotatable bonds is 7. The molecular formula is C14H13N5OS2. The number of hydrogen-bond donors (Lipinski definition) is 1. The molecule has 0 aliphatic heterocycles. The van der Waals surface area contributed by atoms with Crippen LogP contribution in [-0.2, 0) is 0 Å². The van der Waals surface area contributed by atoms with Gasteiger partial charge in [-0.05, 0) is 40.6 Å². The Labute approximate surface area is 135 Å². The van der Waals surface area contributed by atoms with E-state index in [0.717, 1.165) is 10.8 Å². The number of amides is 1. The van der Waals surface area contributed by atoms with Crippen molar-refractivity contribution in [2.75, 3.05) is 12.3 Å². The molecule has 1 aromatic heterocycles. The molecule has 0 radical (unpaired) electrons. The minimum Gasteiger partial charge on any atom is -0.351 e. The van der Waals surface area contributed by atoms with Crippen molar-refractivity contribution in [3.05, 3.63) is 64.7 Å². The first-order valence-electron chi connectivity index (χ1n) is 6.43. The van der Waals surface area contributed by atoms with E-state index in [1.807, 2.05) is 18.2 Å². The van der Waals surface area contributed by atoms with Crippen LogP contribution in [-0.4, -0.2) is 23.2 Å². The van der Waals surface area contributed by atoms with Crippen molar-refractivity contribution in [3.63, 3.8) is 0 Å². The first-order chi connectivity index (χ1) is 10.8. The molecule has 2 rings (SSSR count). The van der Waals surface area contributed by atoms with Gasteiger partial charge >= 0.3 is 0 Å². The number of pyridine rings is 1. The van der Waals surface area contributed by atoms with Gasteiger partial charge in [0.15, 0.2) is 0 Å². The number of hydrogen-bond acceptors (Lipinski definition) is 5. The Hall–Kier alpha value is -2.15. The summed E-state index contributed by atoms with van der Waals surface area (Å²) in [6.07, 6.45) is 1.75. The smallest absolute Gasteiger partial charge is 0.251 e. The van der Waals surface area contributed by atoms with Crippen molar-refractivity contribution in [1.82, 2.24) is 10.3 Å². The summed E-state index contributed by atoms with van der Waals surface area (Å²) in [6.45, 7) is 0.571. The van der Waals surface area contributed by atoms with Crippen molar-refractivity contribution in [1.29, 1.82) is 0 Å². The Morgan fingerprint density at radius 3 is 2.77 bits per heavy atom.